The lowest BCUT2D eigenvalue weighted by atomic mass is 9.93. The number of halogens is 2. The van der Waals surface area contributed by atoms with E-state index in [1.165, 1.54) is 0 Å². The van der Waals surface area contributed by atoms with Crippen molar-refractivity contribution in [3.8, 4) is 32.6 Å². The fourth-order valence-electron chi connectivity index (χ4n) is 7.48. The summed E-state index contributed by atoms with van der Waals surface area (Å²) >= 11 is 14.0. The van der Waals surface area contributed by atoms with E-state index in [2.05, 4.69) is 76.7 Å². The summed E-state index contributed by atoms with van der Waals surface area (Å²) in [5.74, 6) is 1.64. The van der Waals surface area contributed by atoms with Gasteiger partial charge in [0.05, 0.1) is 40.8 Å². The average molecular weight is 925 g/mol. The third kappa shape index (κ3) is 8.94. The molecule has 0 aliphatic carbocycles. The number of ketones is 1. The molecule has 4 aromatic heterocycles. The summed E-state index contributed by atoms with van der Waals surface area (Å²) in [7, 11) is 0. The lowest BCUT2D eigenvalue weighted by Gasteiger charge is -2.44. The minimum absolute atomic E-state index is 0.00807. The number of Topliss-reactive ketones (excluding diaryl/α,β-unsaturated/α-hetero) is 1. The molecule has 0 spiro atoms. The van der Waals surface area contributed by atoms with Gasteiger partial charge in [-0.15, -0.1) is 45.3 Å². The van der Waals surface area contributed by atoms with Crippen LogP contribution in [0.2, 0.25) is 0 Å². The molecule has 0 bridgehead atoms. The molecule has 6 heterocycles. The Morgan fingerprint density at radius 2 is 1.09 bits per heavy atom. The van der Waals surface area contributed by atoms with Gasteiger partial charge in [-0.05, 0) is 119 Å². The maximum absolute atomic E-state index is 15.6. The number of piperidine rings is 2. The summed E-state index contributed by atoms with van der Waals surface area (Å²) in [6, 6.07) is 27.1. The number of thiophene rings is 2. The summed E-state index contributed by atoms with van der Waals surface area (Å²) < 4.78 is 15.2. The Kier molecular flexibility index (Phi) is 12.7. The Hall–Kier alpha value is -2.75. The molecule has 4 atom stereocenters. The van der Waals surface area contributed by atoms with Gasteiger partial charge in [-0.3, -0.25) is 14.6 Å². The molecule has 54 heavy (non-hydrogen) atoms. The minimum Gasteiger partial charge on any atom is -0.491 e. The number of thiazole rings is 2. The minimum atomic E-state index is -0.513. The second-order valence-corrected chi connectivity index (χ2v) is 20.2. The van der Waals surface area contributed by atoms with Gasteiger partial charge < -0.3 is 9.47 Å². The number of ether oxygens (including phenoxy) is 2. The average Bonchev–Trinajstić information content (AvgIpc) is 4.05. The number of hydrogen-bond acceptors (Lipinski definition) is 11. The van der Waals surface area contributed by atoms with E-state index in [1.54, 1.807) is 45.3 Å². The number of benzene rings is 2. The van der Waals surface area contributed by atoms with Crippen molar-refractivity contribution in [2.24, 2.45) is 0 Å². The first-order valence-corrected chi connectivity index (χ1v) is 23.3. The molecule has 2 aromatic carbocycles. The molecule has 2 fully saturated rings. The molecule has 0 saturated carbocycles. The van der Waals surface area contributed by atoms with Crippen molar-refractivity contribution in [2.45, 2.75) is 62.7 Å². The smallest absolute Gasteiger partial charge is 0.174 e. The van der Waals surface area contributed by atoms with E-state index in [4.69, 9.17) is 19.4 Å². The van der Waals surface area contributed by atoms with E-state index in [9.17, 15) is 0 Å². The summed E-state index contributed by atoms with van der Waals surface area (Å²) in [6.45, 7) is 2.07. The van der Waals surface area contributed by atoms with Crippen LogP contribution in [0.3, 0.4) is 0 Å². The maximum Gasteiger partial charge on any atom is 0.174 e. The zero-order valence-corrected chi connectivity index (χ0v) is 36.0. The highest BCUT2D eigenvalue weighted by atomic mass is 79.9. The zero-order valence-electron chi connectivity index (χ0n) is 29.5. The second kappa shape index (κ2) is 18.0. The molecule has 2 aliphatic heterocycles. The third-order valence-corrected chi connectivity index (χ3v) is 15.3. The first kappa shape index (κ1) is 38.1. The molecule has 280 valence electrons. The van der Waals surface area contributed by atoms with Gasteiger partial charge in [0.15, 0.2) is 5.78 Å². The van der Waals surface area contributed by atoms with Gasteiger partial charge in [0.25, 0.3) is 0 Å². The van der Waals surface area contributed by atoms with Gasteiger partial charge in [0.2, 0.25) is 0 Å². The topological polar surface area (TPSA) is 67.8 Å². The van der Waals surface area contributed by atoms with E-state index in [-0.39, 0.29) is 31.1 Å². The molecule has 8 rings (SSSR count). The van der Waals surface area contributed by atoms with Crippen LogP contribution >= 0.6 is 77.2 Å². The van der Waals surface area contributed by atoms with Crippen LogP contribution in [0.4, 0.5) is 0 Å². The van der Waals surface area contributed by atoms with Gasteiger partial charge in [0, 0.05) is 10.8 Å². The number of likely N-dealkylation sites (tertiary alicyclic amines) is 2. The molecule has 2 unspecified atom stereocenters. The number of carbonyl (C=O) groups is 1. The summed E-state index contributed by atoms with van der Waals surface area (Å²) in [5, 5.41) is 6.42. The van der Waals surface area contributed by atoms with Crippen molar-refractivity contribution >= 4 is 83.0 Å². The first-order valence-electron chi connectivity index (χ1n) is 18.3. The number of hydrogen-bond donors (Lipinski definition) is 0. The third-order valence-electron chi connectivity index (χ3n) is 10.1. The SMILES string of the molecule is O=C(C(COc1ccccc1)N1CCCC[C@@H]1c1nc(-c2ccc(Br)s2)cs1)C(COc1ccccc1)N1CCCC[C@@H]1c1nc(-c2ccc(Br)s2)cs1. The van der Waals surface area contributed by atoms with Crippen LogP contribution in [-0.2, 0) is 4.79 Å². The van der Waals surface area contributed by atoms with Crippen molar-refractivity contribution in [3.05, 3.63) is 113 Å². The molecular formula is C41H40Br2N4O3S4. The van der Waals surface area contributed by atoms with E-state index in [0.29, 0.717) is 0 Å². The summed E-state index contributed by atoms with van der Waals surface area (Å²) in [6.07, 6.45) is 6.08. The Bertz CT molecular complexity index is 1970. The maximum atomic E-state index is 15.6. The highest BCUT2D eigenvalue weighted by Crippen LogP contribution is 2.41. The van der Waals surface area contributed by atoms with Crippen LogP contribution in [0.5, 0.6) is 11.5 Å². The molecule has 13 heteroatoms. The molecule has 2 aliphatic rings. The van der Waals surface area contributed by atoms with Gasteiger partial charge >= 0.3 is 0 Å². The normalized spacial score (nSPS) is 19.4. The predicted octanol–water partition coefficient (Wildman–Crippen LogP) is 11.8. The lowest BCUT2D eigenvalue weighted by Crippen LogP contribution is -2.58. The second-order valence-electron chi connectivity index (χ2n) is 13.5. The van der Waals surface area contributed by atoms with E-state index >= 15 is 4.79 Å². The van der Waals surface area contributed by atoms with Crippen molar-refractivity contribution < 1.29 is 14.3 Å². The van der Waals surface area contributed by atoms with Crippen LogP contribution < -0.4 is 9.47 Å². The van der Waals surface area contributed by atoms with Gasteiger partial charge in [-0.1, -0.05) is 49.2 Å². The number of aromatic nitrogens is 2. The summed E-state index contributed by atoms with van der Waals surface area (Å²) in [4.78, 5) is 33.1. The van der Waals surface area contributed by atoms with Crippen LogP contribution in [0, 0.1) is 0 Å². The monoisotopic (exact) mass is 922 g/mol. The van der Waals surface area contributed by atoms with Crippen molar-refractivity contribution in [2.75, 3.05) is 26.3 Å². The van der Waals surface area contributed by atoms with Crippen LogP contribution in [0.1, 0.15) is 60.6 Å². The van der Waals surface area contributed by atoms with Crippen molar-refractivity contribution in [1.82, 2.24) is 19.8 Å². The van der Waals surface area contributed by atoms with Crippen LogP contribution in [0.25, 0.3) is 21.1 Å². The molecule has 0 amide bonds. The van der Waals surface area contributed by atoms with E-state index in [1.807, 2.05) is 60.7 Å². The van der Waals surface area contributed by atoms with E-state index in [0.717, 1.165) is 102 Å². The fraction of sp³-hybridized carbons (Fsp3) is 0.341. The molecule has 2 saturated heterocycles. The van der Waals surface area contributed by atoms with Crippen molar-refractivity contribution in [3.63, 3.8) is 0 Å². The Morgan fingerprint density at radius 1 is 0.648 bits per heavy atom. The Labute approximate surface area is 349 Å². The molecule has 7 nitrogen and oxygen atoms in total. The van der Waals surface area contributed by atoms with Crippen molar-refractivity contribution in [1.29, 1.82) is 0 Å². The predicted molar refractivity (Wildman–Crippen MR) is 229 cm³/mol. The van der Waals surface area contributed by atoms with Gasteiger partial charge in [-0.25, -0.2) is 9.97 Å². The highest BCUT2D eigenvalue weighted by molar-refractivity contribution is 9.11. The molecule has 6 aromatic rings. The largest absolute Gasteiger partial charge is 0.491 e. The number of rotatable bonds is 14. The van der Waals surface area contributed by atoms with Crippen LogP contribution in [0.15, 0.2) is 103 Å². The zero-order chi connectivity index (χ0) is 36.9. The Balaban J connectivity index is 1.14. The Morgan fingerprint density at radius 3 is 1.50 bits per heavy atom. The fourth-order valence-corrected chi connectivity index (χ4v) is 12.3. The standard InChI is InChI=1S/C41H40Br2N4O3S4/c42-37-19-17-35(53-37)29-25-51-40(44-29)31-15-7-9-21-46(31)33(23-49-27-11-3-1-4-12-27)39(48)34(24-50-28-13-5-2-6-14-28)47-22-10-8-16-32(47)41-45-30(26-52-41)36-18-20-38(43)54-36/h1-6,11-14,17-20,25-26,31-34H,7-10,15-16,21-24H2/t31-,32-,33?,34?/m1/s1. The number of nitrogens with zero attached hydrogens (tertiary/aromatic N) is 4. The first-order chi connectivity index (χ1) is 26.5. The number of carbonyl (C=O) groups excluding carboxylic acids is 1. The molecular weight excluding hydrogens is 885 g/mol. The van der Waals surface area contributed by atoms with Crippen LogP contribution in [-0.4, -0.2) is 63.9 Å². The quantitative estimate of drug-likeness (QED) is 0.108. The lowest BCUT2D eigenvalue weighted by molar-refractivity contribution is -0.136. The van der Waals surface area contributed by atoms with E-state index < -0.39 is 12.1 Å². The molecule has 0 N–H and O–H groups in total. The van der Waals surface area contributed by atoms with Gasteiger partial charge in [0.1, 0.15) is 46.8 Å². The summed E-state index contributed by atoms with van der Waals surface area (Å²) in [5.41, 5.74) is 1.98. The highest BCUT2D eigenvalue weighted by Gasteiger charge is 2.43. The van der Waals surface area contributed by atoms with Gasteiger partial charge in [-0.2, -0.15) is 0 Å². The molecule has 0 radical (unpaired) electrons. The number of para-hydroxylation sites is 2.